The van der Waals surface area contributed by atoms with Crippen LogP contribution in [0.2, 0.25) is 0 Å². The van der Waals surface area contributed by atoms with Gasteiger partial charge in [-0.05, 0) is 43.7 Å². The van der Waals surface area contributed by atoms with Crippen molar-refractivity contribution < 1.29 is 14.3 Å². The molecule has 4 heterocycles. The van der Waals surface area contributed by atoms with Crippen LogP contribution in [0.4, 0.5) is 16.4 Å². The highest BCUT2D eigenvalue weighted by atomic mass is 16.6. The lowest BCUT2D eigenvalue weighted by molar-refractivity contribution is 0.0740. The molecule has 0 bridgehead atoms. The summed E-state index contributed by atoms with van der Waals surface area (Å²) in [6.07, 6.45) is 7.00. The summed E-state index contributed by atoms with van der Waals surface area (Å²) in [5.41, 5.74) is 2.81. The van der Waals surface area contributed by atoms with E-state index in [0.29, 0.717) is 31.4 Å². The molecule has 2 aliphatic heterocycles. The van der Waals surface area contributed by atoms with Gasteiger partial charge in [0.1, 0.15) is 18.1 Å². The molecule has 9 heteroatoms. The number of pyridine rings is 1. The van der Waals surface area contributed by atoms with Crippen LogP contribution < -0.4 is 9.80 Å². The van der Waals surface area contributed by atoms with Crippen molar-refractivity contribution in [3.05, 3.63) is 41.5 Å². The molecular formula is C22H26N6O3. The zero-order valence-electron chi connectivity index (χ0n) is 17.8. The molecule has 3 fully saturated rings. The zero-order valence-corrected chi connectivity index (χ0v) is 17.8. The summed E-state index contributed by atoms with van der Waals surface area (Å²) in [5.74, 6) is 1.95. The summed E-state index contributed by atoms with van der Waals surface area (Å²) in [6.45, 7) is 6.96. The fraction of sp³-hybridized carbons (Fsp3) is 0.500. The average molecular weight is 422 g/mol. The summed E-state index contributed by atoms with van der Waals surface area (Å²) in [4.78, 5) is 43.4. The Morgan fingerprint density at radius 3 is 2.42 bits per heavy atom. The van der Waals surface area contributed by atoms with E-state index in [1.165, 1.54) is 41.3 Å². The quantitative estimate of drug-likeness (QED) is 0.747. The van der Waals surface area contributed by atoms with Gasteiger partial charge in [-0.2, -0.15) is 0 Å². The van der Waals surface area contributed by atoms with Crippen LogP contribution in [-0.2, 0) is 4.74 Å². The maximum absolute atomic E-state index is 12.9. The normalized spacial score (nSPS) is 21.4. The molecule has 1 unspecified atom stereocenters. The van der Waals surface area contributed by atoms with E-state index in [-0.39, 0.29) is 17.6 Å². The standard InChI is InChI=1S/C22H26N6O3/c1-14-9-17(16-3-4-16)10-25-20(14)26-5-7-27(8-6-26)21(29)18-11-24-19(12-23-18)28-15(2)13-31-22(28)30/h9-12,15-16H,3-8,13H2,1-2H3. The van der Waals surface area contributed by atoms with Gasteiger partial charge in [-0.25, -0.2) is 19.7 Å². The molecule has 2 aromatic heterocycles. The lowest BCUT2D eigenvalue weighted by Gasteiger charge is -2.36. The SMILES string of the molecule is Cc1cc(C2CC2)cnc1N1CCN(C(=O)c2cnc(N3C(=O)OCC3C)cn2)CC1. The first-order chi connectivity index (χ1) is 15.0. The zero-order chi connectivity index (χ0) is 21.5. The smallest absolute Gasteiger partial charge is 0.415 e. The van der Waals surface area contributed by atoms with Gasteiger partial charge in [0.05, 0.1) is 18.4 Å². The first-order valence-corrected chi connectivity index (χ1v) is 10.8. The highest BCUT2D eigenvalue weighted by molar-refractivity contribution is 5.93. The lowest BCUT2D eigenvalue weighted by atomic mass is 10.1. The number of aromatic nitrogens is 3. The predicted molar refractivity (Wildman–Crippen MR) is 114 cm³/mol. The van der Waals surface area contributed by atoms with Crippen molar-refractivity contribution in [3.63, 3.8) is 0 Å². The van der Waals surface area contributed by atoms with Crippen molar-refractivity contribution in [1.82, 2.24) is 19.9 Å². The number of hydrogen-bond donors (Lipinski definition) is 0. The summed E-state index contributed by atoms with van der Waals surface area (Å²) >= 11 is 0. The van der Waals surface area contributed by atoms with Crippen molar-refractivity contribution in [2.24, 2.45) is 0 Å². The van der Waals surface area contributed by atoms with Crippen LogP contribution in [0, 0.1) is 6.92 Å². The fourth-order valence-electron chi connectivity index (χ4n) is 4.23. The van der Waals surface area contributed by atoms with Crippen molar-refractivity contribution in [1.29, 1.82) is 0 Å². The summed E-state index contributed by atoms with van der Waals surface area (Å²) in [7, 11) is 0. The number of carbonyl (C=O) groups excluding carboxylic acids is 2. The molecular weight excluding hydrogens is 396 g/mol. The Kier molecular flexibility index (Phi) is 4.95. The Hall–Kier alpha value is -3.23. The van der Waals surface area contributed by atoms with E-state index in [4.69, 9.17) is 9.72 Å². The fourth-order valence-corrected chi connectivity index (χ4v) is 4.23. The Bertz CT molecular complexity index is 999. The van der Waals surface area contributed by atoms with E-state index in [0.717, 1.165) is 18.9 Å². The van der Waals surface area contributed by atoms with Crippen LogP contribution in [0.5, 0.6) is 0 Å². The minimum absolute atomic E-state index is 0.105. The van der Waals surface area contributed by atoms with Gasteiger partial charge in [0.15, 0.2) is 5.82 Å². The Labute approximate surface area is 181 Å². The summed E-state index contributed by atoms with van der Waals surface area (Å²) < 4.78 is 5.02. The van der Waals surface area contributed by atoms with E-state index >= 15 is 0 Å². The van der Waals surface area contributed by atoms with Crippen molar-refractivity contribution in [3.8, 4) is 0 Å². The van der Waals surface area contributed by atoms with Crippen LogP contribution in [-0.4, -0.2) is 70.7 Å². The topological polar surface area (TPSA) is 91.8 Å². The first-order valence-electron chi connectivity index (χ1n) is 10.8. The second-order valence-corrected chi connectivity index (χ2v) is 8.52. The molecule has 2 aromatic rings. The molecule has 0 N–H and O–H groups in total. The van der Waals surface area contributed by atoms with Crippen molar-refractivity contribution in [2.75, 3.05) is 42.6 Å². The van der Waals surface area contributed by atoms with E-state index in [1.54, 1.807) is 4.90 Å². The predicted octanol–water partition coefficient (Wildman–Crippen LogP) is 2.36. The van der Waals surface area contributed by atoms with Gasteiger partial charge in [-0.3, -0.25) is 9.69 Å². The maximum atomic E-state index is 12.9. The molecule has 2 saturated heterocycles. The van der Waals surface area contributed by atoms with Gasteiger partial charge in [0.25, 0.3) is 5.91 Å². The van der Waals surface area contributed by atoms with Crippen molar-refractivity contribution >= 4 is 23.6 Å². The third-order valence-corrected chi connectivity index (χ3v) is 6.18. The summed E-state index contributed by atoms with van der Waals surface area (Å²) in [5, 5.41) is 0. The van der Waals surface area contributed by atoms with Crippen LogP contribution in [0.25, 0.3) is 0 Å². The molecule has 3 aliphatic rings. The van der Waals surface area contributed by atoms with Gasteiger partial charge < -0.3 is 14.5 Å². The first kappa shape index (κ1) is 19.7. The van der Waals surface area contributed by atoms with Crippen LogP contribution >= 0.6 is 0 Å². The molecule has 1 atom stereocenters. The van der Waals surface area contributed by atoms with E-state index in [1.807, 2.05) is 13.1 Å². The number of aryl methyl sites for hydroxylation is 1. The van der Waals surface area contributed by atoms with Crippen LogP contribution in [0.1, 0.15) is 47.3 Å². The van der Waals surface area contributed by atoms with Gasteiger partial charge in [0, 0.05) is 32.4 Å². The average Bonchev–Trinajstić information content (AvgIpc) is 3.58. The maximum Gasteiger partial charge on any atom is 0.415 e. The Morgan fingerprint density at radius 2 is 1.84 bits per heavy atom. The van der Waals surface area contributed by atoms with Crippen LogP contribution in [0.15, 0.2) is 24.7 Å². The molecule has 1 saturated carbocycles. The number of hydrogen-bond acceptors (Lipinski definition) is 7. The third kappa shape index (κ3) is 3.80. The minimum Gasteiger partial charge on any atom is -0.447 e. The molecule has 0 spiro atoms. The molecule has 31 heavy (non-hydrogen) atoms. The second kappa shape index (κ2) is 7.79. The molecule has 9 nitrogen and oxygen atoms in total. The van der Waals surface area contributed by atoms with E-state index in [2.05, 4.69) is 27.9 Å². The minimum atomic E-state index is -0.439. The summed E-state index contributed by atoms with van der Waals surface area (Å²) in [6, 6.07) is 2.15. The molecule has 5 rings (SSSR count). The molecule has 1 aliphatic carbocycles. The number of amides is 2. The Morgan fingerprint density at radius 1 is 1.06 bits per heavy atom. The number of carbonyl (C=O) groups is 2. The third-order valence-electron chi connectivity index (χ3n) is 6.18. The number of anilines is 2. The van der Waals surface area contributed by atoms with E-state index < -0.39 is 6.09 Å². The second-order valence-electron chi connectivity index (χ2n) is 8.52. The molecule has 162 valence electrons. The van der Waals surface area contributed by atoms with Crippen LogP contribution in [0.3, 0.4) is 0 Å². The number of cyclic esters (lactones) is 1. The van der Waals surface area contributed by atoms with Gasteiger partial charge in [0.2, 0.25) is 0 Å². The molecule has 0 radical (unpaired) electrons. The largest absolute Gasteiger partial charge is 0.447 e. The number of nitrogens with zero attached hydrogens (tertiary/aromatic N) is 6. The number of piperazine rings is 1. The van der Waals surface area contributed by atoms with Gasteiger partial charge in [-0.15, -0.1) is 0 Å². The number of rotatable bonds is 4. The monoisotopic (exact) mass is 422 g/mol. The Balaban J connectivity index is 1.21. The number of ether oxygens (including phenoxy) is 1. The highest BCUT2D eigenvalue weighted by Crippen LogP contribution is 2.40. The molecule has 0 aromatic carbocycles. The lowest BCUT2D eigenvalue weighted by Crippen LogP contribution is -2.49. The van der Waals surface area contributed by atoms with Gasteiger partial charge >= 0.3 is 6.09 Å². The van der Waals surface area contributed by atoms with Gasteiger partial charge in [-0.1, -0.05) is 6.07 Å². The van der Waals surface area contributed by atoms with E-state index in [9.17, 15) is 9.59 Å². The molecule has 2 amide bonds. The van der Waals surface area contributed by atoms with Crippen molar-refractivity contribution in [2.45, 2.75) is 38.6 Å². The highest BCUT2D eigenvalue weighted by Gasteiger charge is 2.32.